The molecule has 0 saturated carbocycles. The third kappa shape index (κ3) is 3.92. The molecule has 0 unspecified atom stereocenters. The van der Waals surface area contributed by atoms with Crippen molar-refractivity contribution in [2.24, 2.45) is 0 Å². The summed E-state index contributed by atoms with van der Waals surface area (Å²) in [7, 11) is 2.15. The molecule has 0 aliphatic carbocycles. The van der Waals surface area contributed by atoms with E-state index in [0.717, 1.165) is 37.1 Å². The third-order valence-corrected chi connectivity index (χ3v) is 4.20. The van der Waals surface area contributed by atoms with Gasteiger partial charge in [0, 0.05) is 50.8 Å². The third-order valence-electron chi connectivity index (χ3n) is 4.20. The van der Waals surface area contributed by atoms with Crippen molar-refractivity contribution in [1.29, 1.82) is 0 Å². The van der Waals surface area contributed by atoms with E-state index in [1.807, 2.05) is 13.1 Å². The van der Waals surface area contributed by atoms with Crippen molar-refractivity contribution in [3.63, 3.8) is 0 Å². The minimum Gasteiger partial charge on any atom is -0.367 e. The Morgan fingerprint density at radius 2 is 2.05 bits per heavy atom. The summed E-state index contributed by atoms with van der Waals surface area (Å²) < 4.78 is 1.58. The van der Waals surface area contributed by atoms with Crippen LogP contribution in [0.15, 0.2) is 35.4 Å². The first-order valence-electron chi connectivity index (χ1n) is 7.39. The second kappa shape index (κ2) is 7.62. The summed E-state index contributed by atoms with van der Waals surface area (Å²) in [6.07, 6.45) is 5.81. The smallest absolute Gasteiger partial charge is 0.245 e. The second-order valence-electron chi connectivity index (χ2n) is 5.83. The number of aryl methyl sites for hydroxylation is 1. The summed E-state index contributed by atoms with van der Waals surface area (Å²) >= 11 is 0. The van der Waals surface area contributed by atoms with Gasteiger partial charge in [-0.3, -0.25) is 4.79 Å². The Balaban J connectivity index is 0.00000176. The maximum absolute atomic E-state index is 12.3. The fourth-order valence-corrected chi connectivity index (χ4v) is 2.83. The average molecular weight is 371 g/mol. The molecule has 0 aromatic carbocycles. The zero-order valence-electron chi connectivity index (χ0n) is 13.1. The zero-order valence-corrected chi connectivity index (χ0v) is 16.0. The van der Waals surface area contributed by atoms with Crippen LogP contribution in [0.4, 0.5) is 0 Å². The topological polar surface area (TPSA) is 38.1 Å². The first kappa shape index (κ1) is 17.5. The molecule has 0 amide bonds. The number of aromatic nitrogens is 2. The number of likely N-dealkylation sites (tertiary alicyclic amines) is 1. The van der Waals surface area contributed by atoms with E-state index in [1.54, 1.807) is 22.9 Å². The molecule has 1 aliphatic heterocycles. The van der Waals surface area contributed by atoms with Crippen LogP contribution in [-0.2, 0) is 32.7 Å². The van der Waals surface area contributed by atoms with E-state index in [0.29, 0.717) is 11.7 Å². The van der Waals surface area contributed by atoms with Crippen molar-refractivity contribution < 1.29 is 32.7 Å². The second-order valence-corrected chi connectivity index (χ2v) is 5.83. The Labute approximate surface area is 156 Å². The maximum atomic E-state index is 12.3. The Bertz CT molecular complexity index is 673. The number of nitrogens with zero attached hydrogens (tertiary/aromatic N) is 3. The van der Waals surface area contributed by atoms with Crippen molar-refractivity contribution in [2.45, 2.75) is 25.7 Å². The fraction of sp³-hybridized carbons (Fsp3) is 0.412. The molecule has 1 fully saturated rings. The molecule has 0 atom stereocenters. The van der Waals surface area contributed by atoms with Crippen molar-refractivity contribution in [3.8, 4) is 5.82 Å². The maximum Gasteiger partial charge on any atom is 0.245 e. The molecule has 2 aromatic heterocycles. The predicted octanol–water partition coefficient (Wildman–Crippen LogP) is 2.15. The molecule has 2 aromatic rings. The van der Waals surface area contributed by atoms with E-state index in [1.165, 1.54) is 0 Å². The molecular weight excluding hydrogens is 351 g/mol. The molecule has 3 rings (SSSR count). The number of rotatable bonds is 2. The molecule has 1 saturated heterocycles. The van der Waals surface area contributed by atoms with E-state index < -0.39 is 0 Å². The van der Waals surface area contributed by atoms with Crippen LogP contribution < -0.4 is 5.56 Å². The molecule has 1 radical (unpaired) electrons. The predicted molar refractivity (Wildman–Crippen MR) is 82.9 cm³/mol. The molecule has 0 bridgehead atoms. The van der Waals surface area contributed by atoms with Gasteiger partial charge in [-0.15, -0.1) is 11.6 Å². The van der Waals surface area contributed by atoms with E-state index in [-0.39, 0.29) is 38.3 Å². The summed E-state index contributed by atoms with van der Waals surface area (Å²) in [4.78, 5) is 19.0. The monoisotopic (exact) mass is 371 g/mol. The van der Waals surface area contributed by atoms with Crippen LogP contribution in [0.3, 0.4) is 0 Å². The largest absolute Gasteiger partial charge is 0.367 e. The Hall–Kier alpha value is -0.836. The summed E-state index contributed by atoms with van der Waals surface area (Å²) in [5.41, 5.74) is 2.10. The first-order chi connectivity index (χ1) is 10.1. The number of hydrogen-bond donors (Lipinski definition) is 0. The normalized spacial score (nSPS) is 16.3. The Morgan fingerprint density at radius 3 is 2.64 bits per heavy atom. The molecule has 3 heterocycles. The van der Waals surface area contributed by atoms with E-state index in [2.05, 4.69) is 29.1 Å². The number of hydrogen-bond acceptors (Lipinski definition) is 3. The minimum absolute atomic E-state index is 0. The Morgan fingerprint density at radius 1 is 1.32 bits per heavy atom. The fourth-order valence-electron chi connectivity index (χ4n) is 2.83. The van der Waals surface area contributed by atoms with Gasteiger partial charge in [0.25, 0.3) is 0 Å². The van der Waals surface area contributed by atoms with Crippen molar-refractivity contribution in [2.75, 3.05) is 20.1 Å². The zero-order chi connectivity index (χ0) is 14.8. The van der Waals surface area contributed by atoms with Gasteiger partial charge in [0.1, 0.15) is 0 Å². The molecule has 4 nitrogen and oxygen atoms in total. The number of pyridine rings is 2. The van der Waals surface area contributed by atoms with Crippen molar-refractivity contribution >= 4 is 0 Å². The van der Waals surface area contributed by atoms with Gasteiger partial charge in [-0.2, -0.15) is 6.07 Å². The van der Waals surface area contributed by atoms with Crippen molar-refractivity contribution in [3.05, 3.63) is 58.1 Å². The van der Waals surface area contributed by atoms with E-state index in [9.17, 15) is 4.79 Å². The quantitative estimate of drug-likeness (QED) is 0.760. The number of piperidine rings is 1. The van der Waals surface area contributed by atoms with Gasteiger partial charge in [-0.1, -0.05) is 13.1 Å². The molecule has 1 aliphatic rings. The van der Waals surface area contributed by atoms with Crippen LogP contribution in [0.2, 0.25) is 0 Å². The molecular formula is C17H20N3OY-. The van der Waals surface area contributed by atoms with Gasteiger partial charge in [0.05, 0.1) is 0 Å². The first-order valence-corrected chi connectivity index (χ1v) is 7.39. The summed E-state index contributed by atoms with van der Waals surface area (Å²) in [6, 6.07) is 8.65. The van der Waals surface area contributed by atoms with Crippen LogP contribution in [0, 0.1) is 13.0 Å². The molecule has 0 spiro atoms. The standard InChI is InChI=1S/C17H20N3O.Y/c1-13-3-4-16(18-12-13)20-10-7-15(11-17(20)21)14-5-8-19(2)9-6-14;/h4,7,10-12,14H,5-6,8-9H2,1-2H3;/q-1;. The van der Waals surface area contributed by atoms with Crippen molar-refractivity contribution in [1.82, 2.24) is 14.5 Å². The molecule has 22 heavy (non-hydrogen) atoms. The van der Waals surface area contributed by atoms with Crippen LogP contribution in [0.25, 0.3) is 5.82 Å². The summed E-state index contributed by atoms with van der Waals surface area (Å²) in [5.74, 6) is 1.13. The average Bonchev–Trinajstić information content (AvgIpc) is 2.49. The SMILES string of the molecule is Cc1[c-]cc(-n2ccc(C3CCN(C)CC3)cc2=O)nc1.[Y]. The van der Waals surface area contributed by atoms with Crippen LogP contribution in [0.5, 0.6) is 0 Å². The molecule has 0 N–H and O–H groups in total. The van der Waals surface area contributed by atoms with E-state index >= 15 is 0 Å². The summed E-state index contributed by atoms with van der Waals surface area (Å²) in [5, 5.41) is 0. The van der Waals surface area contributed by atoms with Gasteiger partial charge >= 0.3 is 0 Å². The van der Waals surface area contributed by atoms with Gasteiger partial charge in [0.15, 0.2) is 0 Å². The van der Waals surface area contributed by atoms with Gasteiger partial charge < -0.3 is 14.5 Å². The molecule has 5 heteroatoms. The molecule has 113 valence electrons. The van der Waals surface area contributed by atoms with E-state index in [4.69, 9.17) is 0 Å². The van der Waals surface area contributed by atoms with Crippen LogP contribution in [0.1, 0.15) is 29.9 Å². The van der Waals surface area contributed by atoms with Crippen LogP contribution >= 0.6 is 0 Å². The Kier molecular flexibility index (Phi) is 6.07. The minimum atomic E-state index is -0.0174. The van der Waals surface area contributed by atoms with Gasteiger partial charge in [-0.05, 0) is 50.5 Å². The summed E-state index contributed by atoms with van der Waals surface area (Å²) in [6.45, 7) is 4.13. The van der Waals surface area contributed by atoms with Crippen LogP contribution in [-0.4, -0.2) is 34.6 Å². The van der Waals surface area contributed by atoms with Gasteiger partial charge in [0.2, 0.25) is 5.56 Å². The van der Waals surface area contributed by atoms with Gasteiger partial charge in [-0.25, -0.2) is 0 Å².